The van der Waals surface area contributed by atoms with Crippen molar-refractivity contribution in [1.29, 1.82) is 0 Å². The molecule has 0 saturated carbocycles. The Bertz CT molecular complexity index is 925. The third kappa shape index (κ3) is 1.37. The van der Waals surface area contributed by atoms with Crippen LogP contribution in [0.15, 0.2) is 58.5 Å². The molecule has 0 spiro atoms. The summed E-state index contributed by atoms with van der Waals surface area (Å²) in [5, 5.41) is 0. The number of aliphatic imine (C=N–C) groups is 2. The average Bonchev–Trinajstić information content (AvgIpc) is 3.36. The summed E-state index contributed by atoms with van der Waals surface area (Å²) in [5.74, 6) is 2.47. The van der Waals surface area contributed by atoms with Crippen LogP contribution in [-0.4, -0.2) is 48.7 Å². The SMILES string of the molecule is CN1CC[C@@]2([C@]34CCN(C)C3=Nc3ccccc34)C1=Nc1ccccc12. The molecule has 4 aliphatic heterocycles. The largest absolute Gasteiger partial charge is 0.362 e. The Labute approximate surface area is 153 Å². The summed E-state index contributed by atoms with van der Waals surface area (Å²) in [6.07, 6.45) is 2.20. The number of likely N-dealkylation sites (N-methyl/N-ethyl adjacent to an activating group) is 2. The second-order valence-electron chi connectivity index (χ2n) is 8.06. The molecule has 2 aromatic rings. The minimum absolute atomic E-state index is 0.103. The van der Waals surface area contributed by atoms with E-state index in [2.05, 4.69) is 72.4 Å². The van der Waals surface area contributed by atoms with Gasteiger partial charge < -0.3 is 9.80 Å². The lowest BCUT2D eigenvalue weighted by atomic mass is 9.55. The maximum Gasteiger partial charge on any atom is 0.117 e. The molecule has 130 valence electrons. The highest BCUT2D eigenvalue weighted by Crippen LogP contribution is 2.63. The van der Waals surface area contributed by atoms with Crippen molar-refractivity contribution in [1.82, 2.24) is 9.80 Å². The van der Waals surface area contributed by atoms with Gasteiger partial charge in [0.25, 0.3) is 0 Å². The summed E-state index contributed by atoms with van der Waals surface area (Å²) in [6, 6.07) is 17.5. The first-order valence-electron chi connectivity index (χ1n) is 9.48. The van der Waals surface area contributed by atoms with Crippen molar-refractivity contribution in [2.75, 3.05) is 27.2 Å². The molecule has 0 unspecified atom stereocenters. The number of benzene rings is 2. The highest BCUT2D eigenvalue weighted by molar-refractivity contribution is 6.13. The van der Waals surface area contributed by atoms with Crippen molar-refractivity contribution >= 4 is 23.0 Å². The molecule has 26 heavy (non-hydrogen) atoms. The normalized spacial score (nSPS) is 30.7. The monoisotopic (exact) mass is 342 g/mol. The molecular formula is C22H22N4. The zero-order valence-corrected chi connectivity index (χ0v) is 15.2. The Morgan fingerprint density at radius 2 is 1.12 bits per heavy atom. The molecule has 0 bridgehead atoms. The van der Waals surface area contributed by atoms with Crippen LogP contribution in [0.3, 0.4) is 0 Å². The van der Waals surface area contributed by atoms with Crippen molar-refractivity contribution in [3.63, 3.8) is 0 Å². The first-order chi connectivity index (χ1) is 12.7. The Morgan fingerprint density at radius 3 is 1.58 bits per heavy atom. The molecule has 4 nitrogen and oxygen atoms in total. The highest BCUT2D eigenvalue weighted by atomic mass is 15.3. The van der Waals surface area contributed by atoms with Crippen LogP contribution in [0.1, 0.15) is 24.0 Å². The second-order valence-corrected chi connectivity index (χ2v) is 8.06. The van der Waals surface area contributed by atoms with E-state index in [1.165, 1.54) is 22.8 Å². The highest BCUT2D eigenvalue weighted by Gasteiger charge is 2.68. The van der Waals surface area contributed by atoms with Crippen molar-refractivity contribution < 1.29 is 0 Å². The van der Waals surface area contributed by atoms with E-state index in [0.29, 0.717) is 0 Å². The van der Waals surface area contributed by atoms with Gasteiger partial charge in [0.2, 0.25) is 0 Å². The predicted molar refractivity (Wildman–Crippen MR) is 105 cm³/mol. The number of amidine groups is 2. The quantitative estimate of drug-likeness (QED) is 0.793. The van der Waals surface area contributed by atoms with Crippen LogP contribution >= 0.6 is 0 Å². The number of rotatable bonds is 1. The zero-order valence-electron chi connectivity index (χ0n) is 15.2. The number of likely N-dealkylation sites (tertiary alicyclic amines) is 2. The van der Waals surface area contributed by atoms with Gasteiger partial charge in [-0.05, 0) is 36.1 Å². The van der Waals surface area contributed by atoms with E-state index in [1.807, 2.05) is 0 Å². The minimum Gasteiger partial charge on any atom is -0.362 e. The molecule has 2 saturated heterocycles. The van der Waals surface area contributed by atoms with Gasteiger partial charge in [-0.25, -0.2) is 9.98 Å². The van der Waals surface area contributed by atoms with Crippen molar-refractivity contribution in [2.45, 2.75) is 23.7 Å². The van der Waals surface area contributed by atoms with Gasteiger partial charge in [-0.2, -0.15) is 0 Å². The van der Waals surface area contributed by atoms with E-state index in [1.54, 1.807) is 0 Å². The molecule has 2 fully saturated rings. The van der Waals surface area contributed by atoms with Gasteiger partial charge in [0, 0.05) is 27.2 Å². The number of fused-ring (bicyclic) bond motifs is 7. The van der Waals surface area contributed by atoms with E-state index in [-0.39, 0.29) is 10.8 Å². The molecule has 0 amide bonds. The van der Waals surface area contributed by atoms with Crippen LogP contribution in [0.25, 0.3) is 0 Å². The Balaban J connectivity index is 1.72. The van der Waals surface area contributed by atoms with E-state index >= 15 is 0 Å². The van der Waals surface area contributed by atoms with Crippen molar-refractivity contribution in [2.24, 2.45) is 9.98 Å². The van der Waals surface area contributed by atoms with Gasteiger partial charge in [-0.15, -0.1) is 0 Å². The lowest BCUT2D eigenvalue weighted by Crippen LogP contribution is -2.55. The summed E-state index contributed by atoms with van der Waals surface area (Å²) in [6.45, 7) is 2.10. The molecule has 4 aliphatic rings. The first kappa shape index (κ1) is 14.5. The molecule has 0 radical (unpaired) electrons. The van der Waals surface area contributed by atoms with Crippen LogP contribution in [0, 0.1) is 0 Å². The summed E-state index contributed by atoms with van der Waals surface area (Å²) < 4.78 is 0. The van der Waals surface area contributed by atoms with Crippen molar-refractivity contribution in [3.8, 4) is 0 Å². The predicted octanol–water partition coefficient (Wildman–Crippen LogP) is 3.62. The van der Waals surface area contributed by atoms with Gasteiger partial charge in [-0.3, -0.25) is 0 Å². The molecule has 0 aromatic heterocycles. The molecular weight excluding hydrogens is 320 g/mol. The molecule has 4 heterocycles. The maximum atomic E-state index is 5.13. The maximum absolute atomic E-state index is 5.13. The molecule has 6 rings (SSSR count). The van der Waals surface area contributed by atoms with Crippen LogP contribution in [0.5, 0.6) is 0 Å². The number of hydrogen-bond donors (Lipinski definition) is 0. The molecule has 2 atom stereocenters. The van der Waals surface area contributed by atoms with Crippen LogP contribution in [0.2, 0.25) is 0 Å². The molecule has 4 heteroatoms. The molecule has 0 aliphatic carbocycles. The number of para-hydroxylation sites is 2. The van der Waals surface area contributed by atoms with Gasteiger partial charge in [0.05, 0.1) is 22.2 Å². The fourth-order valence-electron chi connectivity index (χ4n) is 5.99. The average molecular weight is 342 g/mol. The fraction of sp³-hybridized carbons (Fsp3) is 0.364. The third-order valence-corrected chi connectivity index (χ3v) is 7.04. The fourth-order valence-corrected chi connectivity index (χ4v) is 5.99. The summed E-state index contributed by atoms with van der Waals surface area (Å²) in [5.41, 5.74) is 4.85. The molecule has 2 aromatic carbocycles. The Kier molecular flexibility index (Phi) is 2.55. The standard InChI is InChI=1S/C22H22N4/c1-25-13-11-21(15-7-3-5-9-17(15)23-19(21)25)22-12-14-26(2)20(22)24-18-10-6-4-8-16(18)22/h3-10H,11-14H2,1-2H3/t21-,22-/m0/s1. The summed E-state index contributed by atoms with van der Waals surface area (Å²) in [4.78, 5) is 15.0. The third-order valence-electron chi connectivity index (χ3n) is 7.04. The van der Waals surface area contributed by atoms with Gasteiger partial charge >= 0.3 is 0 Å². The number of hydrogen-bond acceptors (Lipinski definition) is 4. The zero-order chi connectivity index (χ0) is 17.5. The van der Waals surface area contributed by atoms with Gasteiger partial charge in [-0.1, -0.05) is 36.4 Å². The molecule has 0 N–H and O–H groups in total. The van der Waals surface area contributed by atoms with Crippen molar-refractivity contribution in [3.05, 3.63) is 59.7 Å². The summed E-state index contributed by atoms with van der Waals surface area (Å²) in [7, 11) is 4.39. The van der Waals surface area contributed by atoms with Crippen LogP contribution in [0.4, 0.5) is 11.4 Å². The van der Waals surface area contributed by atoms with Crippen LogP contribution < -0.4 is 0 Å². The second kappa shape index (κ2) is 4.56. The van der Waals surface area contributed by atoms with E-state index < -0.39 is 0 Å². The lowest BCUT2D eigenvalue weighted by Gasteiger charge is -2.43. The van der Waals surface area contributed by atoms with E-state index in [0.717, 1.165) is 37.3 Å². The summed E-state index contributed by atoms with van der Waals surface area (Å²) >= 11 is 0. The number of nitrogens with zero attached hydrogens (tertiary/aromatic N) is 4. The first-order valence-corrected chi connectivity index (χ1v) is 9.48. The lowest BCUT2D eigenvalue weighted by molar-refractivity contribution is 0.390. The topological polar surface area (TPSA) is 31.2 Å². The Morgan fingerprint density at radius 1 is 0.692 bits per heavy atom. The Hall–Kier alpha value is -2.62. The van der Waals surface area contributed by atoms with E-state index in [4.69, 9.17) is 9.98 Å². The van der Waals surface area contributed by atoms with E-state index in [9.17, 15) is 0 Å². The smallest absolute Gasteiger partial charge is 0.117 e. The van der Waals surface area contributed by atoms with Gasteiger partial charge in [0.15, 0.2) is 0 Å². The minimum atomic E-state index is -0.103. The van der Waals surface area contributed by atoms with Gasteiger partial charge in [0.1, 0.15) is 11.7 Å². The van der Waals surface area contributed by atoms with Crippen LogP contribution in [-0.2, 0) is 10.8 Å².